The first kappa shape index (κ1) is 57.1. The maximum absolute atomic E-state index is 12.4. The zero-order valence-corrected chi connectivity index (χ0v) is 39.2. The van der Waals surface area contributed by atoms with Crippen molar-refractivity contribution in [2.75, 3.05) is 13.2 Å². The van der Waals surface area contributed by atoms with Crippen LogP contribution in [-0.4, -0.2) is 47.4 Å². The number of carbonyl (C=O) groups is 2. The number of esters is 1. The molecule has 0 aliphatic rings. The van der Waals surface area contributed by atoms with Crippen molar-refractivity contribution >= 4 is 11.9 Å². The second kappa shape index (κ2) is 48.7. The van der Waals surface area contributed by atoms with Crippen molar-refractivity contribution in [1.29, 1.82) is 0 Å². The van der Waals surface area contributed by atoms with Gasteiger partial charge in [0.25, 0.3) is 0 Å². The number of allylic oxidation sites excluding steroid dienone is 5. The van der Waals surface area contributed by atoms with Crippen molar-refractivity contribution < 1.29 is 24.5 Å². The highest BCUT2D eigenvalue weighted by Crippen LogP contribution is 2.16. The first-order valence-electron chi connectivity index (χ1n) is 25.8. The Kier molecular flexibility index (Phi) is 47.2. The highest BCUT2D eigenvalue weighted by molar-refractivity contribution is 5.76. The maximum Gasteiger partial charge on any atom is 0.305 e. The van der Waals surface area contributed by atoms with E-state index in [1.165, 1.54) is 186 Å². The molecule has 2 unspecified atom stereocenters. The first-order valence-corrected chi connectivity index (χ1v) is 25.8. The lowest BCUT2D eigenvalue weighted by Crippen LogP contribution is -2.45. The highest BCUT2D eigenvalue weighted by atomic mass is 16.5. The van der Waals surface area contributed by atoms with E-state index in [4.69, 9.17) is 4.74 Å². The minimum absolute atomic E-state index is 0.00841. The number of hydrogen-bond acceptors (Lipinski definition) is 5. The summed E-state index contributed by atoms with van der Waals surface area (Å²) >= 11 is 0. The SMILES string of the molecule is CCCCC/C=C\C/C=C\CCCCCCCC(=O)OCCCCCCCCCCCCCCCCCCCCC(=O)NC(CO)C(O)/C=C/CCCCCCCCC. The summed E-state index contributed by atoms with van der Waals surface area (Å²) in [5.41, 5.74) is 0. The van der Waals surface area contributed by atoms with Gasteiger partial charge >= 0.3 is 5.97 Å². The largest absolute Gasteiger partial charge is 0.466 e. The van der Waals surface area contributed by atoms with Crippen LogP contribution < -0.4 is 5.32 Å². The predicted octanol–water partition coefficient (Wildman–Crippen LogP) is 15.3. The van der Waals surface area contributed by atoms with Gasteiger partial charge in [0, 0.05) is 12.8 Å². The quantitative estimate of drug-likeness (QED) is 0.0323. The van der Waals surface area contributed by atoms with Crippen molar-refractivity contribution in [3.8, 4) is 0 Å². The standard InChI is InChI=1S/C53H99NO5/c1-3-5-7-9-11-13-14-15-20-24-27-31-35-39-43-47-53(58)59-48-44-40-36-32-28-25-22-19-17-16-18-21-23-26-30-34-38-42-46-52(57)54-50(49-55)51(56)45-41-37-33-29-12-10-8-6-4-2/h11,13,15,20,41,45,50-51,55-56H,3-10,12,14,16-19,21-40,42-44,46-49H2,1-2H3,(H,54,57)/b13-11-,20-15-,45-41+. The van der Waals surface area contributed by atoms with Gasteiger partial charge in [-0.2, -0.15) is 0 Å². The molecule has 0 aliphatic heterocycles. The third-order valence-corrected chi connectivity index (χ3v) is 11.7. The number of hydrogen-bond donors (Lipinski definition) is 3. The van der Waals surface area contributed by atoms with Crippen molar-refractivity contribution in [3.05, 3.63) is 36.5 Å². The van der Waals surface area contributed by atoms with Gasteiger partial charge in [0.1, 0.15) is 0 Å². The lowest BCUT2D eigenvalue weighted by Gasteiger charge is -2.20. The first-order chi connectivity index (χ1) is 29.0. The van der Waals surface area contributed by atoms with Crippen molar-refractivity contribution in [2.24, 2.45) is 0 Å². The molecule has 0 spiro atoms. The second-order valence-electron chi connectivity index (χ2n) is 17.5. The van der Waals surface area contributed by atoms with Crippen LogP contribution in [0.3, 0.4) is 0 Å². The molecule has 6 nitrogen and oxygen atoms in total. The highest BCUT2D eigenvalue weighted by Gasteiger charge is 2.18. The molecule has 6 heteroatoms. The van der Waals surface area contributed by atoms with E-state index < -0.39 is 12.1 Å². The van der Waals surface area contributed by atoms with E-state index in [0.717, 1.165) is 51.4 Å². The fourth-order valence-electron chi connectivity index (χ4n) is 7.66. The van der Waals surface area contributed by atoms with Crippen molar-refractivity contribution in [1.82, 2.24) is 5.32 Å². The number of aliphatic hydroxyl groups excluding tert-OH is 2. The molecule has 0 fully saturated rings. The second-order valence-corrected chi connectivity index (χ2v) is 17.5. The van der Waals surface area contributed by atoms with Crippen molar-refractivity contribution in [2.45, 2.75) is 276 Å². The average molecular weight is 830 g/mol. The van der Waals surface area contributed by atoms with Crippen LogP contribution in [0.25, 0.3) is 0 Å². The third kappa shape index (κ3) is 45.4. The summed E-state index contributed by atoms with van der Waals surface area (Å²) < 4.78 is 5.46. The Morgan fingerprint density at radius 3 is 1.32 bits per heavy atom. The molecular weight excluding hydrogens is 731 g/mol. The Labute approximate surface area is 366 Å². The molecule has 0 bridgehead atoms. The van der Waals surface area contributed by atoms with Crippen molar-refractivity contribution in [3.63, 3.8) is 0 Å². The molecule has 346 valence electrons. The van der Waals surface area contributed by atoms with Gasteiger partial charge < -0.3 is 20.3 Å². The summed E-state index contributed by atoms with van der Waals surface area (Å²) in [6.07, 6.45) is 58.6. The van der Waals surface area contributed by atoms with Crippen LogP contribution in [0.15, 0.2) is 36.5 Å². The van der Waals surface area contributed by atoms with E-state index in [-0.39, 0.29) is 18.5 Å². The fraction of sp³-hybridized carbons (Fsp3) is 0.849. The molecule has 0 radical (unpaired) electrons. The normalized spacial score (nSPS) is 12.9. The van der Waals surface area contributed by atoms with Gasteiger partial charge in [-0.25, -0.2) is 0 Å². The molecule has 0 heterocycles. The molecule has 0 aromatic heterocycles. The maximum atomic E-state index is 12.4. The molecule has 0 aliphatic carbocycles. The molecule has 0 rings (SSSR count). The molecule has 1 amide bonds. The molecule has 0 aromatic rings. The molecule has 0 saturated heterocycles. The molecule has 3 N–H and O–H groups in total. The summed E-state index contributed by atoms with van der Waals surface area (Å²) in [4.78, 5) is 24.4. The zero-order valence-electron chi connectivity index (χ0n) is 39.2. The summed E-state index contributed by atoms with van der Waals surface area (Å²) in [6, 6.07) is -0.629. The van der Waals surface area contributed by atoms with E-state index in [9.17, 15) is 19.8 Å². The Morgan fingerprint density at radius 1 is 0.475 bits per heavy atom. The Hall–Kier alpha value is -1.92. The minimum atomic E-state index is -0.845. The summed E-state index contributed by atoms with van der Waals surface area (Å²) in [7, 11) is 0. The van der Waals surface area contributed by atoms with Crippen LogP contribution in [0.4, 0.5) is 0 Å². The topological polar surface area (TPSA) is 95.9 Å². The average Bonchev–Trinajstić information content (AvgIpc) is 3.24. The Balaban J connectivity index is 3.41. The van der Waals surface area contributed by atoms with E-state index in [0.29, 0.717) is 19.4 Å². The molecule has 2 atom stereocenters. The number of unbranched alkanes of at least 4 members (excludes halogenated alkanes) is 32. The molecule has 0 aromatic carbocycles. The minimum Gasteiger partial charge on any atom is -0.466 e. The van der Waals surface area contributed by atoms with Gasteiger partial charge in [0.15, 0.2) is 0 Å². The lowest BCUT2D eigenvalue weighted by molar-refractivity contribution is -0.143. The molecular formula is C53H99NO5. The van der Waals surface area contributed by atoms with Gasteiger partial charge in [0.2, 0.25) is 5.91 Å². The van der Waals surface area contributed by atoms with Gasteiger partial charge in [-0.05, 0) is 64.2 Å². The number of nitrogens with one attached hydrogen (secondary N) is 1. The van der Waals surface area contributed by atoms with Crippen LogP contribution in [0.5, 0.6) is 0 Å². The number of ether oxygens (including phenoxy) is 1. The number of carbonyl (C=O) groups excluding carboxylic acids is 2. The van der Waals surface area contributed by atoms with E-state index in [1.54, 1.807) is 6.08 Å². The summed E-state index contributed by atoms with van der Waals surface area (Å²) in [6.45, 7) is 4.83. The van der Waals surface area contributed by atoms with Gasteiger partial charge in [-0.1, -0.05) is 224 Å². The number of amides is 1. The Bertz CT molecular complexity index is 962. The Morgan fingerprint density at radius 2 is 0.847 bits per heavy atom. The molecule has 0 saturated carbocycles. The summed E-state index contributed by atoms with van der Waals surface area (Å²) in [5.74, 6) is -0.0843. The van der Waals surface area contributed by atoms with Crippen LogP contribution in [0, 0.1) is 0 Å². The third-order valence-electron chi connectivity index (χ3n) is 11.7. The fourth-order valence-corrected chi connectivity index (χ4v) is 7.66. The van der Waals surface area contributed by atoms with E-state index >= 15 is 0 Å². The zero-order chi connectivity index (χ0) is 43.0. The smallest absolute Gasteiger partial charge is 0.305 e. The van der Waals surface area contributed by atoms with Crippen LogP contribution in [0.1, 0.15) is 264 Å². The number of rotatable bonds is 47. The lowest BCUT2D eigenvalue weighted by atomic mass is 10.0. The van der Waals surface area contributed by atoms with Gasteiger partial charge in [-0.3, -0.25) is 9.59 Å². The monoisotopic (exact) mass is 830 g/mol. The predicted molar refractivity (Wildman–Crippen MR) is 255 cm³/mol. The molecule has 59 heavy (non-hydrogen) atoms. The van der Waals surface area contributed by atoms with E-state index in [1.807, 2.05) is 6.08 Å². The number of aliphatic hydroxyl groups is 2. The van der Waals surface area contributed by atoms with Gasteiger partial charge in [0.05, 0.1) is 25.4 Å². The summed E-state index contributed by atoms with van der Waals surface area (Å²) in [5, 5.41) is 22.9. The van der Waals surface area contributed by atoms with Crippen LogP contribution >= 0.6 is 0 Å². The van der Waals surface area contributed by atoms with Crippen LogP contribution in [-0.2, 0) is 14.3 Å². The van der Waals surface area contributed by atoms with Crippen LogP contribution in [0.2, 0.25) is 0 Å². The van der Waals surface area contributed by atoms with Gasteiger partial charge in [-0.15, -0.1) is 0 Å². The van der Waals surface area contributed by atoms with E-state index in [2.05, 4.69) is 43.5 Å².